The van der Waals surface area contributed by atoms with Gasteiger partial charge < -0.3 is 30.7 Å². The van der Waals surface area contributed by atoms with Crippen LogP contribution in [0.25, 0.3) is 10.4 Å². The Morgan fingerprint density at radius 2 is 2.42 bits per heavy atom. The Bertz CT molecular complexity index is 462. The maximum absolute atomic E-state index is 9.94. The molecule has 0 aliphatic carbocycles. The minimum Gasteiger partial charge on any atom is -0.393 e. The molecule has 0 aromatic heterocycles. The lowest BCUT2D eigenvalue weighted by Crippen LogP contribution is -2.44. The maximum atomic E-state index is 9.94. The van der Waals surface area contributed by atoms with Gasteiger partial charge in [0.05, 0.1) is 6.61 Å². The predicted molar refractivity (Wildman–Crippen MR) is 63.3 cm³/mol. The molecular formula is C9H14N6O4. The molecule has 2 heterocycles. The number of nitrogens with two attached hydrogens (primary N) is 1. The largest absolute Gasteiger partial charge is 0.393 e. The average Bonchev–Trinajstić information content (AvgIpc) is 2.66. The molecule has 19 heavy (non-hydrogen) atoms. The highest BCUT2D eigenvalue weighted by atomic mass is 16.6. The summed E-state index contributed by atoms with van der Waals surface area (Å²) in [6.45, 7) is -0.636. The molecule has 10 nitrogen and oxygen atoms in total. The molecule has 4 atom stereocenters. The summed E-state index contributed by atoms with van der Waals surface area (Å²) in [5.41, 5.74) is 12.0. The third-order valence-electron chi connectivity index (χ3n) is 3.02. The third-order valence-corrected chi connectivity index (χ3v) is 3.02. The molecule has 0 aromatic rings. The second-order valence-corrected chi connectivity index (χ2v) is 4.19. The summed E-state index contributed by atoms with van der Waals surface area (Å²) in [5.74, 6) is 0.327. The molecule has 5 N–H and O–H groups in total. The van der Waals surface area contributed by atoms with Crippen LogP contribution in [0.15, 0.2) is 22.4 Å². The number of azide groups is 1. The number of amidine groups is 1. The molecule has 1 fully saturated rings. The molecular weight excluding hydrogens is 256 g/mol. The number of aliphatic imine (C=N–C) groups is 1. The molecule has 2 rings (SSSR count). The van der Waals surface area contributed by atoms with Crippen LogP contribution in [0.5, 0.6) is 0 Å². The number of hydrogen-bond donors (Lipinski definition) is 4. The molecule has 0 bridgehead atoms. The van der Waals surface area contributed by atoms with E-state index < -0.39 is 30.8 Å². The van der Waals surface area contributed by atoms with Gasteiger partial charge in [-0.3, -0.25) is 0 Å². The van der Waals surface area contributed by atoms with E-state index in [1.54, 1.807) is 0 Å². The Hall–Kier alpha value is -1.84. The number of aliphatic hydroxyl groups is 3. The van der Waals surface area contributed by atoms with Crippen molar-refractivity contribution in [2.75, 3.05) is 13.3 Å². The van der Waals surface area contributed by atoms with Crippen LogP contribution >= 0.6 is 0 Å². The van der Waals surface area contributed by atoms with Crippen LogP contribution in [0.3, 0.4) is 0 Å². The molecule has 4 unspecified atom stereocenters. The molecule has 0 aromatic carbocycles. The molecule has 1 saturated heterocycles. The monoisotopic (exact) mass is 270 g/mol. The molecule has 2 aliphatic rings. The fourth-order valence-electron chi connectivity index (χ4n) is 1.96. The van der Waals surface area contributed by atoms with Gasteiger partial charge in [0.25, 0.3) is 0 Å². The van der Waals surface area contributed by atoms with E-state index in [2.05, 4.69) is 15.0 Å². The highest BCUT2D eigenvalue weighted by molar-refractivity contribution is 5.91. The molecule has 2 aliphatic heterocycles. The zero-order chi connectivity index (χ0) is 14.0. The smallest absolute Gasteiger partial charge is 0.200 e. The first kappa shape index (κ1) is 13.6. The quantitative estimate of drug-likeness (QED) is 0.269. The summed E-state index contributed by atoms with van der Waals surface area (Å²) in [4.78, 5) is 7.92. The summed E-state index contributed by atoms with van der Waals surface area (Å²) < 4.78 is 5.33. The molecule has 0 radical (unpaired) electrons. The molecule has 0 spiro atoms. The van der Waals surface area contributed by atoms with Gasteiger partial charge in [0.1, 0.15) is 24.7 Å². The van der Waals surface area contributed by atoms with E-state index >= 15 is 0 Å². The van der Waals surface area contributed by atoms with Gasteiger partial charge in [0.15, 0.2) is 6.23 Å². The lowest BCUT2D eigenvalue weighted by atomic mass is 10.1. The summed E-state index contributed by atoms with van der Waals surface area (Å²) in [7, 11) is 0. The van der Waals surface area contributed by atoms with E-state index in [-0.39, 0.29) is 6.67 Å². The highest BCUT2D eigenvalue weighted by Crippen LogP contribution is 2.34. The SMILES string of the molecule is [N-]=[N+]=NC1(CO)OC(N2C=CC(N)=NC2)C(O)C1O. The van der Waals surface area contributed by atoms with E-state index in [0.717, 1.165) is 0 Å². The summed E-state index contributed by atoms with van der Waals surface area (Å²) in [5, 5.41) is 32.3. The third kappa shape index (κ3) is 2.23. The van der Waals surface area contributed by atoms with Gasteiger partial charge in [-0.25, -0.2) is 4.99 Å². The van der Waals surface area contributed by atoms with Gasteiger partial charge in [-0.2, -0.15) is 0 Å². The number of aliphatic hydroxyl groups excluding tert-OH is 3. The van der Waals surface area contributed by atoms with Crippen molar-refractivity contribution in [1.82, 2.24) is 4.90 Å². The van der Waals surface area contributed by atoms with Crippen LogP contribution in [-0.4, -0.2) is 63.5 Å². The zero-order valence-electron chi connectivity index (χ0n) is 9.86. The van der Waals surface area contributed by atoms with Gasteiger partial charge in [-0.1, -0.05) is 5.11 Å². The molecule has 104 valence electrons. The van der Waals surface area contributed by atoms with Crippen molar-refractivity contribution >= 4 is 5.84 Å². The van der Waals surface area contributed by atoms with Crippen molar-refractivity contribution in [3.8, 4) is 0 Å². The molecule has 10 heteroatoms. The fraction of sp³-hybridized carbons (Fsp3) is 0.667. The topological polar surface area (TPSA) is 160 Å². The maximum Gasteiger partial charge on any atom is 0.200 e. The number of hydrogen-bond acceptors (Lipinski definition) is 8. The first-order valence-corrected chi connectivity index (χ1v) is 5.49. The Balaban J connectivity index is 2.21. The minimum atomic E-state index is -1.90. The number of ether oxygens (including phenoxy) is 1. The van der Waals surface area contributed by atoms with Gasteiger partial charge in [0.2, 0.25) is 5.72 Å². The van der Waals surface area contributed by atoms with E-state index in [4.69, 9.17) is 16.0 Å². The Morgan fingerprint density at radius 3 is 2.95 bits per heavy atom. The van der Waals surface area contributed by atoms with Gasteiger partial charge in [-0.15, -0.1) is 0 Å². The van der Waals surface area contributed by atoms with Crippen LogP contribution in [0, 0.1) is 0 Å². The molecule has 0 saturated carbocycles. The van der Waals surface area contributed by atoms with Crippen molar-refractivity contribution < 1.29 is 20.1 Å². The Morgan fingerprint density at radius 1 is 1.68 bits per heavy atom. The summed E-state index contributed by atoms with van der Waals surface area (Å²) in [6.07, 6.45) is -0.877. The highest BCUT2D eigenvalue weighted by Gasteiger charge is 2.55. The van der Waals surface area contributed by atoms with Crippen LogP contribution < -0.4 is 5.73 Å². The normalized spacial score (nSPS) is 37.9. The Labute approximate surface area is 108 Å². The second kappa shape index (κ2) is 5.03. The lowest BCUT2D eigenvalue weighted by molar-refractivity contribution is -0.136. The molecule has 0 amide bonds. The van der Waals surface area contributed by atoms with E-state index in [0.29, 0.717) is 5.84 Å². The van der Waals surface area contributed by atoms with Crippen molar-refractivity contribution in [2.45, 2.75) is 24.2 Å². The van der Waals surface area contributed by atoms with Gasteiger partial charge in [-0.05, 0) is 11.6 Å². The van der Waals surface area contributed by atoms with Gasteiger partial charge >= 0.3 is 0 Å². The fourth-order valence-corrected chi connectivity index (χ4v) is 1.96. The van der Waals surface area contributed by atoms with Crippen molar-refractivity contribution in [2.24, 2.45) is 15.8 Å². The lowest BCUT2D eigenvalue weighted by Gasteiger charge is -2.30. The second-order valence-electron chi connectivity index (χ2n) is 4.19. The zero-order valence-corrected chi connectivity index (χ0v) is 9.86. The Kier molecular flexibility index (Phi) is 3.60. The minimum absolute atomic E-state index is 0.120. The van der Waals surface area contributed by atoms with Crippen LogP contribution in [-0.2, 0) is 4.74 Å². The van der Waals surface area contributed by atoms with Crippen molar-refractivity contribution in [3.63, 3.8) is 0 Å². The summed E-state index contributed by atoms with van der Waals surface area (Å²) in [6, 6.07) is 0. The van der Waals surface area contributed by atoms with E-state index in [1.807, 2.05) is 0 Å². The van der Waals surface area contributed by atoms with Gasteiger partial charge in [0, 0.05) is 11.1 Å². The predicted octanol–water partition coefficient (Wildman–Crippen LogP) is -1.79. The van der Waals surface area contributed by atoms with Crippen LogP contribution in [0.1, 0.15) is 0 Å². The first-order valence-electron chi connectivity index (χ1n) is 5.49. The number of nitrogens with zero attached hydrogens (tertiary/aromatic N) is 5. The standard InChI is InChI=1S/C9H14N6O4/c10-5-1-2-15(4-12-5)8-6(17)7(18)9(3-16,19-8)13-14-11/h1-2,6-8,16-18H,3-4H2,(H2,10,12). The average molecular weight is 270 g/mol. The van der Waals surface area contributed by atoms with Crippen LogP contribution in [0.4, 0.5) is 0 Å². The van der Waals surface area contributed by atoms with E-state index in [9.17, 15) is 15.3 Å². The first-order chi connectivity index (χ1) is 9.04. The van der Waals surface area contributed by atoms with E-state index in [1.165, 1.54) is 17.2 Å². The van der Waals surface area contributed by atoms with Crippen LogP contribution in [0.2, 0.25) is 0 Å². The van der Waals surface area contributed by atoms with Crippen molar-refractivity contribution in [1.29, 1.82) is 0 Å². The number of rotatable bonds is 3. The summed E-state index contributed by atoms with van der Waals surface area (Å²) >= 11 is 0. The van der Waals surface area contributed by atoms with Crippen molar-refractivity contribution in [3.05, 3.63) is 22.7 Å².